The summed E-state index contributed by atoms with van der Waals surface area (Å²) in [4.78, 5) is 13.4. The number of hydrogen-bond acceptors (Lipinski definition) is 4. The lowest BCUT2D eigenvalue weighted by Gasteiger charge is -2.32. The average molecular weight is 266 g/mol. The number of aromatic nitrogens is 3. The summed E-state index contributed by atoms with van der Waals surface area (Å²) < 4.78 is 1.76. The Kier molecular flexibility index (Phi) is 4.52. The molecule has 0 radical (unpaired) electrons. The van der Waals surface area contributed by atoms with E-state index < -0.39 is 5.97 Å². The van der Waals surface area contributed by atoms with Gasteiger partial charge in [-0.3, -0.25) is 0 Å². The quantitative estimate of drug-likeness (QED) is 0.872. The van der Waals surface area contributed by atoms with E-state index in [0.29, 0.717) is 12.5 Å². The molecule has 1 aromatic heterocycles. The Hall–Kier alpha value is -1.43. The number of hydrogen-bond donors (Lipinski definition) is 1. The molecule has 0 saturated carbocycles. The summed E-state index contributed by atoms with van der Waals surface area (Å²) in [7, 11) is 2.16. The minimum absolute atomic E-state index is 0.0968. The molecule has 0 bridgehead atoms. The highest BCUT2D eigenvalue weighted by atomic mass is 16.4. The fourth-order valence-corrected chi connectivity index (χ4v) is 2.81. The number of carboxylic acid groups (broad SMARTS) is 1. The van der Waals surface area contributed by atoms with Crippen molar-refractivity contribution >= 4 is 5.97 Å². The zero-order valence-corrected chi connectivity index (χ0v) is 11.7. The van der Waals surface area contributed by atoms with Crippen molar-refractivity contribution in [1.82, 2.24) is 19.9 Å². The first kappa shape index (κ1) is 14.0. The second-order valence-electron chi connectivity index (χ2n) is 5.19. The van der Waals surface area contributed by atoms with Crippen molar-refractivity contribution < 1.29 is 9.90 Å². The maximum atomic E-state index is 11.0. The molecule has 0 aliphatic carbocycles. The highest BCUT2D eigenvalue weighted by Crippen LogP contribution is 2.19. The first-order chi connectivity index (χ1) is 9.13. The second kappa shape index (κ2) is 6.14. The van der Waals surface area contributed by atoms with Gasteiger partial charge >= 0.3 is 5.97 Å². The van der Waals surface area contributed by atoms with Gasteiger partial charge in [-0.25, -0.2) is 9.48 Å². The zero-order chi connectivity index (χ0) is 13.8. The van der Waals surface area contributed by atoms with Crippen molar-refractivity contribution in [3.63, 3.8) is 0 Å². The van der Waals surface area contributed by atoms with Gasteiger partial charge in [0.25, 0.3) is 0 Å². The Morgan fingerprint density at radius 1 is 1.47 bits per heavy atom. The van der Waals surface area contributed by atoms with E-state index in [1.165, 1.54) is 19.3 Å². The van der Waals surface area contributed by atoms with Crippen LogP contribution < -0.4 is 0 Å². The van der Waals surface area contributed by atoms with E-state index in [-0.39, 0.29) is 5.69 Å². The molecule has 1 N–H and O–H groups in total. The van der Waals surface area contributed by atoms with Crippen LogP contribution in [0.15, 0.2) is 0 Å². The molecular weight excluding hydrogens is 244 g/mol. The van der Waals surface area contributed by atoms with Gasteiger partial charge < -0.3 is 10.0 Å². The molecular formula is C13H22N4O2. The van der Waals surface area contributed by atoms with Crippen molar-refractivity contribution in [3.05, 3.63) is 11.4 Å². The largest absolute Gasteiger partial charge is 0.476 e. The predicted molar refractivity (Wildman–Crippen MR) is 71.2 cm³/mol. The molecule has 19 heavy (non-hydrogen) atoms. The number of nitrogens with zero attached hydrogens (tertiary/aromatic N) is 4. The van der Waals surface area contributed by atoms with Crippen LogP contribution in [-0.4, -0.2) is 50.6 Å². The summed E-state index contributed by atoms with van der Waals surface area (Å²) in [6, 6.07) is 0.580. The molecule has 1 saturated heterocycles. The number of carbonyl (C=O) groups is 1. The molecule has 1 atom stereocenters. The van der Waals surface area contributed by atoms with Gasteiger partial charge in [0, 0.05) is 12.6 Å². The molecule has 2 rings (SSSR count). The van der Waals surface area contributed by atoms with Gasteiger partial charge in [0.15, 0.2) is 5.69 Å². The summed E-state index contributed by atoms with van der Waals surface area (Å²) in [5.41, 5.74) is 0.825. The number of aromatic carboxylic acids is 1. The Balaban J connectivity index is 2.01. The van der Waals surface area contributed by atoms with E-state index in [1.807, 2.05) is 6.92 Å². The van der Waals surface area contributed by atoms with Crippen molar-refractivity contribution in [1.29, 1.82) is 0 Å². The molecule has 1 aliphatic rings. The summed E-state index contributed by atoms with van der Waals surface area (Å²) in [6.45, 7) is 3.84. The SMILES string of the molecule is CCc1c(C(=O)O)nnn1CCC1CCCCN1C. The summed E-state index contributed by atoms with van der Waals surface area (Å²) >= 11 is 0. The maximum Gasteiger partial charge on any atom is 0.358 e. The van der Waals surface area contributed by atoms with E-state index in [1.54, 1.807) is 4.68 Å². The Morgan fingerprint density at radius 3 is 2.89 bits per heavy atom. The first-order valence-corrected chi connectivity index (χ1v) is 6.99. The monoisotopic (exact) mass is 266 g/mol. The van der Waals surface area contributed by atoms with E-state index in [0.717, 1.165) is 25.2 Å². The Morgan fingerprint density at radius 2 is 2.26 bits per heavy atom. The van der Waals surface area contributed by atoms with Crippen LogP contribution in [0.4, 0.5) is 0 Å². The van der Waals surface area contributed by atoms with Crippen LogP contribution >= 0.6 is 0 Å². The van der Waals surface area contributed by atoms with Crippen molar-refractivity contribution in [2.45, 2.75) is 51.6 Å². The average Bonchev–Trinajstić information content (AvgIpc) is 2.81. The number of rotatable bonds is 5. The second-order valence-corrected chi connectivity index (χ2v) is 5.19. The molecule has 1 fully saturated rings. The van der Waals surface area contributed by atoms with Gasteiger partial charge in [-0.05, 0) is 39.3 Å². The van der Waals surface area contributed by atoms with Crippen LogP contribution in [0.3, 0.4) is 0 Å². The number of likely N-dealkylation sites (tertiary alicyclic amines) is 1. The van der Waals surface area contributed by atoms with Crippen molar-refractivity contribution in [2.24, 2.45) is 0 Å². The fraction of sp³-hybridized carbons (Fsp3) is 0.769. The van der Waals surface area contributed by atoms with Gasteiger partial charge in [-0.15, -0.1) is 5.10 Å². The van der Waals surface area contributed by atoms with Gasteiger partial charge in [0.05, 0.1) is 5.69 Å². The van der Waals surface area contributed by atoms with Crippen LogP contribution in [0, 0.1) is 0 Å². The molecule has 1 aliphatic heterocycles. The minimum Gasteiger partial charge on any atom is -0.476 e. The molecule has 1 aromatic rings. The summed E-state index contributed by atoms with van der Waals surface area (Å²) in [6.07, 6.45) is 5.44. The molecule has 0 aromatic carbocycles. The topological polar surface area (TPSA) is 71.2 Å². The molecule has 6 heteroatoms. The molecule has 6 nitrogen and oxygen atoms in total. The number of carboxylic acids is 1. The lowest BCUT2D eigenvalue weighted by Crippen LogP contribution is -2.37. The van der Waals surface area contributed by atoms with Gasteiger partial charge in [-0.2, -0.15) is 0 Å². The minimum atomic E-state index is -0.988. The van der Waals surface area contributed by atoms with Crippen LogP contribution in [0.1, 0.15) is 48.8 Å². The third kappa shape index (κ3) is 3.12. The number of piperidine rings is 1. The highest BCUT2D eigenvalue weighted by molar-refractivity contribution is 5.86. The van der Waals surface area contributed by atoms with Crippen molar-refractivity contribution in [2.75, 3.05) is 13.6 Å². The third-order valence-corrected chi connectivity index (χ3v) is 3.97. The highest BCUT2D eigenvalue weighted by Gasteiger charge is 2.21. The number of aryl methyl sites for hydroxylation is 1. The van der Waals surface area contributed by atoms with Crippen LogP contribution in [0.25, 0.3) is 0 Å². The van der Waals surface area contributed by atoms with Gasteiger partial charge in [0.2, 0.25) is 0 Å². The zero-order valence-electron chi connectivity index (χ0n) is 11.7. The summed E-state index contributed by atoms with van der Waals surface area (Å²) in [5.74, 6) is -0.988. The molecule has 106 valence electrons. The summed E-state index contributed by atoms with van der Waals surface area (Å²) in [5, 5.41) is 16.8. The lowest BCUT2D eigenvalue weighted by atomic mass is 10.0. The Labute approximate surface area is 113 Å². The molecule has 1 unspecified atom stereocenters. The van der Waals surface area contributed by atoms with Crippen LogP contribution in [-0.2, 0) is 13.0 Å². The van der Waals surface area contributed by atoms with Crippen LogP contribution in [0.2, 0.25) is 0 Å². The maximum absolute atomic E-state index is 11.0. The van der Waals surface area contributed by atoms with Crippen molar-refractivity contribution in [3.8, 4) is 0 Å². The van der Waals surface area contributed by atoms with E-state index in [4.69, 9.17) is 5.11 Å². The first-order valence-electron chi connectivity index (χ1n) is 6.99. The van der Waals surface area contributed by atoms with Gasteiger partial charge in [-0.1, -0.05) is 18.6 Å². The fourth-order valence-electron chi connectivity index (χ4n) is 2.81. The molecule has 0 spiro atoms. The standard InChI is InChI=1S/C13H22N4O2/c1-3-11-12(13(18)19)14-15-17(11)9-7-10-6-4-5-8-16(10)2/h10H,3-9H2,1-2H3,(H,18,19). The van der Waals surface area contributed by atoms with Gasteiger partial charge in [0.1, 0.15) is 0 Å². The van der Waals surface area contributed by atoms with E-state index in [2.05, 4.69) is 22.3 Å². The molecule has 0 amide bonds. The third-order valence-electron chi connectivity index (χ3n) is 3.97. The Bertz CT molecular complexity index is 444. The van der Waals surface area contributed by atoms with E-state index in [9.17, 15) is 4.79 Å². The van der Waals surface area contributed by atoms with Crippen LogP contribution in [0.5, 0.6) is 0 Å². The predicted octanol–water partition coefficient (Wildman–Crippen LogP) is 1.41. The normalized spacial score (nSPS) is 20.6. The molecule has 2 heterocycles. The smallest absolute Gasteiger partial charge is 0.358 e. The lowest BCUT2D eigenvalue weighted by molar-refractivity contribution is 0.0689. The van der Waals surface area contributed by atoms with E-state index >= 15 is 0 Å².